The summed E-state index contributed by atoms with van der Waals surface area (Å²) in [5, 5.41) is 9.69. The van der Waals surface area contributed by atoms with Gasteiger partial charge in [0.2, 0.25) is 6.41 Å². The highest BCUT2D eigenvalue weighted by Crippen LogP contribution is 2.15. The molecule has 1 amide bonds. The molecule has 0 unspecified atom stereocenters. The van der Waals surface area contributed by atoms with Gasteiger partial charge in [-0.3, -0.25) is 10.0 Å². The Balaban J connectivity index is 2.78. The number of rotatable bonds is 3. The number of carbonyl (C=O) groups is 1. The van der Waals surface area contributed by atoms with Crippen LogP contribution < -0.4 is 0 Å². The average molecular weight is 165 g/mol. The van der Waals surface area contributed by atoms with Crippen LogP contribution in [0.1, 0.15) is 18.5 Å². The average Bonchev–Trinajstić information content (AvgIpc) is 2.17. The van der Waals surface area contributed by atoms with Gasteiger partial charge in [0.05, 0.1) is 6.04 Å². The molecule has 1 rings (SSSR count). The third-order valence-electron chi connectivity index (χ3n) is 1.79. The fourth-order valence-electron chi connectivity index (χ4n) is 0.976. The molecular weight excluding hydrogens is 154 g/mol. The fraction of sp³-hybridized carbons (Fsp3) is 0.222. The third kappa shape index (κ3) is 1.83. The van der Waals surface area contributed by atoms with E-state index in [9.17, 15) is 4.79 Å². The van der Waals surface area contributed by atoms with Crippen LogP contribution in [0, 0.1) is 0 Å². The SMILES string of the molecule is C[C@H](c1ccccc1)N(O)C=O. The van der Waals surface area contributed by atoms with E-state index in [1.54, 1.807) is 6.92 Å². The van der Waals surface area contributed by atoms with Crippen molar-refractivity contribution >= 4 is 6.41 Å². The van der Waals surface area contributed by atoms with Gasteiger partial charge >= 0.3 is 0 Å². The lowest BCUT2D eigenvalue weighted by atomic mass is 10.1. The molecule has 0 aliphatic heterocycles. The quantitative estimate of drug-likeness (QED) is 0.420. The maximum atomic E-state index is 10.2. The van der Waals surface area contributed by atoms with Crippen LogP contribution in [-0.4, -0.2) is 16.7 Å². The summed E-state index contributed by atoms with van der Waals surface area (Å²) in [7, 11) is 0. The maximum absolute atomic E-state index is 10.2. The molecule has 0 heterocycles. The second-order valence-electron chi connectivity index (χ2n) is 2.57. The zero-order chi connectivity index (χ0) is 8.97. The van der Waals surface area contributed by atoms with Crippen LogP contribution in [0.4, 0.5) is 0 Å². The van der Waals surface area contributed by atoms with Crippen molar-refractivity contribution in [3.63, 3.8) is 0 Å². The van der Waals surface area contributed by atoms with Gasteiger partial charge in [-0.15, -0.1) is 0 Å². The minimum Gasteiger partial charge on any atom is -0.286 e. The molecule has 0 saturated carbocycles. The van der Waals surface area contributed by atoms with Crippen molar-refractivity contribution in [3.8, 4) is 0 Å². The Morgan fingerprint density at radius 3 is 2.50 bits per heavy atom. The molecule has 3 nitrogen and oxygen atoms in total. The minimum atomic E-state index is -0.288. The van der Waals surface area contributed by atoms with Crippen LogP contribution in [0.25, 0.3) is 0 Å². The summed E-state index contributed by atoms with van der Waals surface area (Å²) in [5.41, 5.74) is 0.909. The highest BCUT2D eigenvalue weighted by molar-refractivity contribution is 5.46. The molecule has 1 aromatic rings. The molecular formula is C9H11NO2. The van der Waals surface area contributed by atoms with Gasteiger partial charge in [-0.05, 0) is 12.5 Å². The van der Waals surface area contributed by atoms with Gasteiger partial charge in [0, 0.05) is 0 Å². The Morgan fingerprint density at radius 2 is 2.00 bits per heavy atom. The molecule has 64 valence electrons. The molecule has 0 fully saturated rings. The first-order valence-electron chi connectivity index (χ1n) is 3.73. The number of hydrogen-bond acceptors (Lipinski definition) is 2. The normalized spacial score (nSPS) is 12.2. The second kappa shape index (κ2) is 3.88. The molecule has 0 aliphatic rings. The fourth-order valence-corrected chi connectivity index (χ4v) is 0.976. The second-order valence-corrected chi connectivity index (χ2v) is 2.57. The van der Waals surface area contributed by atoms with E-state index in [1.165, 1.54) is 0 Å². The largest absolute Gasteiger partial charge is 0.286 e. The van der Waals surface area contributed by atoms with Crippen molar-refractivity contribution in [2.75, 3.05) is 0 Å². The first kappa shape index (κ1) is 8.74. The molecule has 3 heteroatoms. The number of amides is 1. The van der Waals surface area contributed by atoms with Crippen molar-refractivity contribution < 1.29 is 10.0 Å². The standard InChI is InChI=1S/C9H11NO2/c1-8(10(12)7-11)9-5-3-2-4-6-9/h2-8,12H,1H3/t8-/m1/s1. The van der Waals surface area contributed by atoms with Gasteiger partial charge in [-0.1, -0.05) is 30.3 Å². The number of benzene rings is 1. The maximum Gasteiger partial charge on any atom is 0.233 e. The molecule has 0 aromatic heterocycles. The minimum absolute atomic E-state index is 0.288. The first-order valence-corrected chi connectivity index (χ1v) is 3.73. The van der Waals surface area contributed by atoms with Crippen LogP contribution in [-0.2, 0) is 4.79 Å². The Morgan fingerprint density at radius 1 is 1.42 bits per heavy atom. The van der Waals surface area contributed by atoms with E-state index in [2.05, 4.69) is 0 Å². The third-order valence-corrected chi connectivity index (χ3v) is 1.79. The predicted octanol–water partition coefficient (Wildman–Crippen LogP) is 1.60. The molecule has 1 N–H and O–H groups in total. The molecule has 12 heavy (non-hydrogen) atoms. The van der Waals surface area contributed by atoms with Gasteiger partial charge in [-0.25, -0.2) is 5.06 Å². The van der Waals surface area contributed by atoms with Crippen LogP contribution in [0.2, 0.25) is 0 Å². The predicted molar refractivity (Wildman–Crippen MR) is 44.5 cm³/mol. The van der Waals surface area contributed by atoms with Crippen molar-refractivity contribution in [3.05, 3.63) is 35.9 Å². The van der Waals surface area contributed by atoms with E-state index in [1.807, 2.05) is 30.3 Å². The Bertz CT molecular complexity index is 248. The van der Waals surface area contributed by atoms with Gasteiger partial charge in [0.25, 0.3) is 0 Å². The zero-order valence-electron chi connectivity index (χ0n) is 6.84. The summed E-state index contributed by atoms with van der Waals surface area (Å²) >= 11 is 0. The molecule has 1 atom stereocenters. The molecule has 1 aromatic carbocycles. The van der Waals surface area contributed by atoms with Crippen molar-refractivity contribution in [1.82, 2.24) is 5.06 Å². The van der Waals surface area contributed by atoms with Crippen LogP contribution in [0.3, 0.4) is 0 Å². The van der Waals surface area contributed by atoms with E-state index in [0.717, 1.165) is 5.56 Å². The number of carbonyl (C=O) groups excluding carboxylic acids is 1. The number of hydrogen-bond donors (Lipinski definition) is 1. The summed E-state index contributed by atoms with van der Waals surface area (Å²) in [6.07, 6.45) is 0.400. The smallest absolute Gasteiger partial charge is 0.233 e. The molecule has 0 bridgehead atoms. The molecule has 0 saturated heterocycles. The van der Waals surface area contributed by atoms with Gasteiger partial charge in [0.1, 0.15) is 0 Å². The van der Waals surface area contributed by atoms with E-state index in [4.69, 9.17) is 5.21 Å². The summed E-state index contributed by atoms with van der Waals surface area (Å²) in [4.78, 5) is 10.2. The van der Waals surface area contributed by atoms with Crippen LogP contribution in [0.15, 0.2) is 30.3 Å². The van der Waals surface area contributed by atoms with Crippen molar-refractivity contribution in [2.45, 2.75) is 13.0 Å². The lowest BCUT2D eigenvalue weighted by molar-refractivity contribution is -0.159. The van der Waals surface area contributed by atoms with E-state index >= 15 is 0 Å². The van der Waals surface area contributed by atoms with E-state index < -0.39 is 0 Å². The Hall–Kier alpha value is -1.35. The topological polar surface area (TPSA) is 40.5 Å². The summed E-state index contributed by atoms with van der Waals surface area (Å²) in [6, 6.07) is 9.05. The highest BCUT2D eigenvalue weighted by atomic mass is 16.5. The molecule has 0 radical (unpaired) electrons. The van der Waals surface area contributed by atoms with Gasteiger partial charge < -0.3 is 0 Å². The van der Waals surface area contributed by atoms with Crippen molar-refractivity contribution in [2.24, 2.45) is 0 Å². The van der Waals surface area contributed by atoms with Gasteiger partial charge in [-0.2, -0.15) is 0 Å². The monoisotopic (exact) mass is 165 g/mol. The van der Waals surface area contributed by atoms with Gasteiger partial charge in [0.15, 0.2) is 0 Å². The van der Waals surface area contributed by atoms with Crippen LogP contribution in [0.5, 0.6) is 0 Å². The van der Waals surface area contributed by atoms with E-state index in [-0.39, 0.29) is 6.04 Å². The Kier molecular flexibility index (Phi) is 2.82. The lowest BCUT2D eigenvalue weighted by Gasteiger charge is -2.17. The van der Waals surface area contributed by atoms with E-state index in [0.29, 0.717) is 11.5 Å². The first-order chi connectivity index (χ1) is 5.75. The number of nitrogens with zero attached hydrogens (tertiary/aromatic N) is 1. The van der Waals surface area contributed by atoms with Crippen molar-refractivity contribution in [1.29, 1.82) is 0 Å². The highest BCUT2D eigenvalue weighted by Gasteiger charge is 2.09. The lowest BCUT2D eigenvalue weighted by Crippen LogP contribution is -2.20. The summed E-state index contributed by atoms with van der Waals surface area (Å²) in [5.74, 6) is 0. The Labute approximate surface area is 71.2 Å². The molecule has 0 aliphatic carbocycles. The van der Waals surface area contributed by atoms with Crippen LogP contribution >= 0.6 is 0 Å². The molecule has 0 spiro atoms. The number of hydroxylamine groups is 2. The summed E-state index contributed by atoms with van der Waals surface area (Å²) in [6.45, 7) is 1.75. The summed E-state index contributed by atoms with van der Waals surface area (Å²) < 4.78 is 0. The zero-order valence-corrected chi connectivity index (χ0v) is 6.84.